The molecule has 0 aliphatic carbocycles. The van der Waals surface area contributed by atoms with Crippen LogP contribution in [0.25, 0.3) is 0 Å². The number of hydrogen-bond acceptors (Lipinski definition) is 5. The summed E-state index contributed by atoms with van der Waals surface area (Å²) in [6.07, 6.45) is 2.01. The molecule has 0 aliphatic heterocycles. The summed E-state index contributed by atoms with van der Waals surface area (Å²) in [6, 6.07) is 4.12. The summed E-state index contributed by atoms with van der Waals surface area (Å²) in [7, 11) is 0. The predicted octanol–water partition coefficient (Wildman–Crippen LogP) is 2.65. The fourth-order valence-electron chi connectivity index (χ4n) is 1.81. The molecule has 0 saturated carbocycles. The molecule has 0 bridgehead atoms. The minimum absolute atomic E-state index is 0.157. The standard InChI is InChI=1S/C14H16N4OS/c1-9(2)18-5-4-11(17-18)6-13(19)12(7-15)14-16-10(3)8-20-14/h4-5,8-9,12H,6H2,1-3H3/t12-/m1/s1. The molecular weight excluding hydrogens is 272 g/mol. The first-order valence-corrected chi connectivity index (χ1v) is 7.27. The fourth-order valence-corrected chi connectivity index (χ4v) is 2.67. The molecule has 0 aliphatic rings. The van der Waals surface area contributed by atoms with Crippen LogP contribution in [0.1, 0.15) is 42.2 Å². The van der Waals surface area contributed by atoms with Crippen LogP contribution in [0.3, 0.4) is 0 Å². The highest BCUT2D eigenvalue weighted by Gasteiger charge is 2.24. The van der Waals surface area contributed by atoms with Crippen molar-refractivity contribution in [1.82, 2.24) is 14.8 Å². The summed E-state index contributed by atoms with van der Waals surface area (Å²) < 4.78 is 1.80. The van der Waals surface area contributed by atoms with Gasteiger partial charge in [-0.2, -0.15) is 10.4 Å². The van der Waals surface area contributed by atoms with Crippen molar-refractivity contribution in [1.29, 1.82) is 5.26 Å². The van der Waals surface area contributed by atoms with E-state index in [4.69, 9.17) is 0 Å². The molecule has 0 N–H and O–H groups in total. The first-order chi connectivity index (χ1) is 9.51. The smallest absolute Gasteiger partial charge is 0.162 e. The van der Waals surface area contributed by atoms with Gasteiger partial charge in [-0.15, -0.1) is 11.3 Å². The van der Waals surface area contributed by atoms with E-state index in [1.54, 1.807) is 4.68 Å². The Bertz CT molecular complexity index is 650. The third-order valence-electron chi connectivity index (χ3n) is 2.88. The maximum absolute atomic E-state index is 12.2. The molecule has 6 heteroatoms. The van der Waals surface area contributed by atoms with Gasteiger partial charge >= 0.3 is 0 Å². The number of aryl methyl sites for hydroxylation is 1. The van der Waals surface area contributed by atoms with E-state index < -0.39 is 5.92 Å². The number of rotatable bonds is 5. The van der Waals surface area contributed by atoms with Crippen molar-refractivity contribution in [2.75, 3.05) is 0 Å². The molecule has 104 valence electrons. The van der Waals surface area contributed by atoms with E-state index in [1.165, 1.54) is 11.3 Å². The minimum Gasteiger partial charge on any atom is -0.297 e. The van der Waals surface area contributed by atoms with Gasteiger partial charge in [0.05, 0.1) is 18.2 Å². The highest BCUT2D eigenvalue weighted by molar-refractivity contribution is 7.09. The number of carbonyl (C=O) groups is 1. The van der Waals surface area contributed by atoms with E-state index in [-0.39, 0.29) is 18.2 Å². The third-order valence-corrected chi connectivity index (χ3v) is 3.91. The van der Waals surface area contributed by atoms with Crippen LogP contribution in [-0.2, 0) is 11.2 Å². The molecule has 0 amide bonds. The first-order valence-electron chi connectivity index (χ1n) is 6.39. The zero-order chi connectivity index (χ0) is 14.7. The number of thiazole rings is 1. The third kappa shape index (κ3) is 3.11. The van der Waals surface area contributed by atoms with Crippen molar-refractivity contribution in [2.24, 2.45) is 0 Å². The largest absolute Gasteiger partial charge is 0.297 e. The number of carbonyl (C=O) groups excluding carboxylic acids is 1. The van der Waals surface area contributed by atoms with E-state index in [2.05, 4.69) is 10.1 Å². The van der Waals surface area contributed by atoms with E-state index in [0.717, 1.165) is 5.69 Å². The van der Waals surface area contributed by atoms with Crippen LogP contribution in [0.2, 0.25) is 0 Å². The lowest BCUT2D eigenvalue weighted by Gasteiger charge is -2.05. The molecule has 0 saturated heterocycles. The molecule has 2 aromatic rings. The maximum atomic E-state index is 12.2. The van der Waals surface area contributed by atoms with Crippen LogP contribution in [0, 0.1) is 18.3 Å². The van der Waals surface area contributed by atoms with Crippen LogP contribution >= 0.6 is 11.3 Å². The van der Waals surface area contributed by atoms with Gasteiger partial charge in [-0.05, 0) is 26.8 Å². The molecule has 2 rings (SSSR count). The quantitative estimate of drug-likeness (QED) is 0.848. The van der Waals surface area contributed by atoms with Gasteiger partial charge in [-0.25, -0.2) is 4.98 Å². The van der Waals surface area contributed by atoms with Crippen molar-refractivity contribution >= 4 is 17.1 Å². The summed E-state index contributed by atoms with van der Waals surface area (Å²) in [4.78, 5) is 16.5. The van der Waals surface area contributed by atoms with Crippen LogP contribution in [0.5, 0.6) is 0 Å². The zero-order valence-corrected chi connectivity index (χ0v) is 12.5. The molecule has 20 heavy (non-hydrogen) atoms. The minimum atomic E-state index is -0.794. The van der Waals surface area contributed by atoms with Gasteiger partial charge in [0.2, 0.25) is 0 Å². The van der Waals surface area contributed by atoms with Crippen LogP contribution in [0.15, 0.2) is 17.6 Å². The van der Waals surface area contributed by atoms with Gasteiger partial charge in [0, 0.05) is 23.3 Å². The average Bonchev–Trinajstić information content (AvgIpc) is 3.00. The summed E-state index contributed by atoms with van der Waals surface area (Å²) in [5.41, 5.74) is 1.53. The van der Waals surface area contributed by atoms with Gasteiger partial charge in [0.25, 0.3) is 0 Å². The number of hydrogen-bond donors (Lipinski definition) is 0. The van der Waals surface area contributed by atoms with Gasteiger partial charge in [0.15, 0.2) is 11.7 Å². The second-order valence-electron chi connectivity index (χ2n) is 4.91. The Labute approximate surface area is 121 Å². The van der Waals surface area contributed by atoms with E-state index in [9.17, 15) is 10.1 Å². The molecule has 1 atom stereocenters. The Morgan fingerprint density at radius 1 is 1.55 bits per heavy atom. The Morgan fingerprint density at radius 2 is 2.30 bits per heavy atom. The first kappa shape index (κ1) is 14.4. The highest BCUT2D eigenvalue weighted by Crippen LogP contribution is 2.22. The highest BCUT2D eigenvalue weighted by atomic mass is 32.1. The molecule has 2 aromatic heterocycles. The number of nitriles is 1. The fraction of sp³-hybridized carbons (Fsp3) is 0.429. The number of Topliss-reactive ketones (excluding diaryl/α,β-unsaturated/α-hetero) is 1. The summed E-state index contributed by atoms with van der Waals surface area (Å²) >= 11 is 1.35. The van der Waals surface area contributed by atoms with Gasteiger partial charge in [0.1, 0.15) is 5.01 Å². The van der Waals surface area contributed by atoms with Crippen molar-refractivity contribution in [3.63, 3.8) is 0 Å². The molecule has 0 fully saturated rings. The Morgan fingerprint density at radius 3 is 2.80 bits per heavy atom. The molecule has 0 aromatic carbocycles. The summed E-state index contributed by atoms with van der Waals surface area (Å²) in [5.74, 6) is -0.950. The Kier molecular flexibility index (Phi) is 4.30. The lowest BCUT2D eigenvalue weighted by molar-refractivity contribution is -0.118. The SMILES string of the molecule is Cc1csc([C@H](C#N)C(=O)Cc2ccn(C(C)C)n2)n1. The van der Waals surface area contributed by atoms with Crippen molar-refractivity contribution in [3.8, 4) is 6.07 Å². The van der Waals surface area contributed by atoms with Crippen molar-refractivity contribution < 1.29 is 4.79 Å². The van der Waals surface area contributed by atoms with Gasteiger partial charge in [-0.1, -0.05) is 0 Å². The number of nitrogens with zero attached hydrogens (tertiary/aromatic N) is 4. The predicted molar refractivity (Wildman–Crippen MR) is 76.5 cm³/mol. The normalized spacial score (nSPS) is 12.3. The average molecular weight is 288 g/mol. The van der Waals surface area contributed by atoms with E-state index in [1.807, 2.05) is 44.5 Å². The molecule has 2 heterocycles. The second-order valence-corrected chi connectivity index (χ2v) is 5.80. The van der Waals surface area contributed by atoms with Crippen LogP contribution in [-0.4, -0.2) is 20.5 Å². The lowest BCUT2D eigenvalue weighted by atomic mass is 10.0. The Balaban J connectivity index is 2.11. The summed E-state index contributed by atoms with van der Waals surface area (Å²) in [5, 5.41) is 16.0. The summed E-state index contributed by atoms with van der Waals surface area (Å²) in [6.45, 7) is 5.90. The van der Waals surface area contributed by atoms with Gasteiger partial charge in [-0.3, -0.25) is 9.48 Å². The number of aromatic nitrogens is 3. The van der Waals surface area contributed by atoms with E-state index in [0.29, 0.717) is 10.7 Å². The lowest BCUT2D eigenvalue weighted by Crippen LogP contribution is -2.14. The number of ketones is 1. The molecule has 5 nitrogen and oxygen atoms in total. The second kappa shape index (κ2) is 5.97. The van der Waals surface area contributed by atoms with Gasteiger partial charge < -0.3 is 0 Å². The molecular formula is C14H16N4OS. The molecule has 0 spiro atoms. The van der Waals surface area contributed by atoms with Crippen molar-refractivity contribution in [3.05, 3.63) is 34.0 Å². The monoisotopic (exact) mass is 288 g/mol. The molecule has 0 unspecified atom stereocenters. The van der Waals surface area contributed by atoms with E-state index >= 15 is 0 Å². The van der Waals surface area contributed by atoms with Crippen molar-refractivity contribution in [2.45, 2.75) is 39.2 Å². The topological polar surface area (TPSA) is 71.6 Å². The maximum Gasteiger partial charge on any atom is 0.162 e. The zero-order valence-electron chi connectivity index (χ0n) is 11.7. The Hall–Kier alpha value is -2.00. The molecule has 0 radical (unpaired) electrons. The van der Waals surface area contributed by atoms with Crippen LogP contribution < -0.4 is 0 Å². The van der Waals surface area contributed by atoms with Crippen LogP contribution in [0.4, 0.5) is 0 Å².